The fourth-order valence-corrected chi connectivity index (χ4v) is 2.69. The SMILES string of the molecule is Cc1cnc(C)c(NC2CCc3ccccc3C2)n1. The molecular weight excluding hydrogens is 234 g/mol. The third-order valence-corrected chi connectivity index (χ3v) is 3.76. The smallest absolute Gasteiger partial charge is 0.147 e. The van der Waals surface area contributed by atoms with Gasteiger partial charge in [0.25, 0.3) is 0 Å². The molecular formula is C16H19N3. The highest BCUT2D eigenvalue weighted by molar-refractivity contribution is 5.42. The van der Waals surface area contributed by atoms with Gasteiger partial charge in [0.2, 0.25) is 0 Å². The van der Waals surface area contributed by atoms with E-state index in [1.54, 1.807) is 0 Å². The molecule has 0 fully saturated rings. The van der Waals surface area contributed by atoms with Crippen LogP contribution in [0.5, 0.6) is 0 Å². The number of nitrogens with one attached hydrogen (secondary N) is 1. The Morgan fingerprint density at radius 3 is 2.79 bits per heavy atom. The van der Waals surface area contributed by atoms with Gasteiger partial charge < -0.3 is 5.32 Å². The molecule has 1 heterocycles. The van der Waals surface area contributed by atoms with Crippen LogP contribution in [-0.4, -0.2) is 16.0 Å². The van der Waals surface area contributed by atoms with Crippen LogP contribution in [0, 0.1) is 13.8 Å². The van der Waals surface area contributed by atoms with Gasteiger partial charge in [-0.2, -0.15) is 0 Å². The van der Waals surface area contributed by atoms with E-state index in [1.807, 2.05) is 20.0 Å². The van der Waals surface area contributed by atoms with Crippen molar-refractivity contribution >= 4 is 5.82 Å². The van der Waals surface area contributed by atoms with Crippen LogP contribution in [0.2, 0.25) is 0 Å². The molecule has 0 radical (unpaired) electrons. The highest BCUT2D eigenvalue weighted by Gasteiger charge is 2.19. The molecule has 1 aliphatic rings. The summed E-state index contributed by atoms with van der Waals surface area (Å²) in [5, 5.41) is 3.56. The fourth-order valence-electron chi connectivity index (χ4n) is 2.69. The predicted molar refractivity (Wildman–Crippen MR) is 77.4 cm³/mol. The van der Waals surface area contributed by atoms with Crippen molar-refractivity contribution in [2.24, 2.45) is 0 Å². The van der Waals surface area contributed by atoms with E-state index in [1.165, 1.54) is 11.1 Å². The van der Waals surface area contributed by atoms with Gasteiger partial charge in [0, 0.05) is 12.2 Å². The van der Waals surface area contributed by atoms with Gasteiger partial charge >= 0.3 is 0 Å². The molecule has 1 aliphatic carbocycles. The van der Waals surface area contributed by atoms with Crippen molar-refractivity contribution in [1.29, 1.82) is 0 Å². The van der Waals surface area contributed by atoms with Crippen LogP contribution < -0.4 is 5.32 Å². The van der Waals surface area contributed by atoms with E-state index >= 15 is 0 Å². The van der Waals surface area contributed by atoms with Crippen LogP contribution in [-0.2, 0) is 12.8 Å². The third-order valence-electron chi connectivity index (χ3n) is 3.76. The zero-order valence-corrected chi connectivity index (χ0v) is 11.5. The van der Waals surface area contributed by atoms with Crippen molar-refractivity contribution < 1.29 is 0 Å². The van der Waals surface area contributed by atoms with Gasteiger partial charge in [0.1, 0.15) is 5.82 Å². The molecule has 0 saturated heterocycles. The Morgan fingerprint density at radius 1 is 1.16 bits per heavy atom. The summed E-state index contributed by atoms with van der Waals surface area (Å²) in [7, 11) is 0. The monoisotopic (exact) mass is 253 g/mol. The summed E-state index contributed by atoms with van der Waals surface area (Å²) in [5.41, 5.74) is 4.89. The fraction of sp³-hybridized carbons (Fsp3) is 0.375. The number of hydrogen-bond acceptors (Lipinski definition) is 3. The van der Waals surface area contributed by atoms with Gasteiger partial charge in [-0.25, -0.2) is 4.98 Å². The van der Waals surface area contributed by atoms with E-state index in [2.05, 4.69) is 39.6 Å². The number of anilines is 1. The molecule has 1 aromatic heterocycles. The largest absolute Gasteiger partial charge is 0.365 e. The van der Waals surface area contributed by atoms with Crippen LogP contribution in [0.1, 0.15) is 28.9 Å². The number of nitrogens with zero attached hydrogens (tertiary/aromatic N) is 2. The summed E-state index contributed by atoms with van der Waals surface area (Å²) in [4.78, 5) is 8.91. The number of aromatic nitrogens is 2. The average molecular weight is 253 g/mol. The molecule has 0 aliphatic heterocycles. The summed E-state index contributed by atoms with van der Waals surface area (Å²) in [5.74, 6) is 0.935. The lowest BCUT2D eigenvalue weighted by atomic mass is 9.88. The van der Waals surface area contributed by atoms with Gasteiger partial charge in [-0.3, -0.25) is 4.98 Å². The van der Waals surface area contributed by atoms with Crippen molar-refractivity contribution in [2.45, 2.75) is 39.2 Å². The Bertz CT molecular complexity index is 592. The van der Waals surface area contributed by atoms with Gasteiger partial charge in [0.05, 0.1) is 11.4 Å². The topological polar surface area (TPSA) is 37.8 Å². The first-order valence-electron chi connectivity index (χ1n) is 6.86. The van der Waals surface area contributed by atoms with Crippen molar-refractivity contribution in [3.05, 3.63) is 53.0 Å². The van der Waals surface area contributed by atoms with Gasteiger partial charge in [-0.1, -0.05) is 24.3 Å². The number of rotatable bonds is 2. The van der Waals surface area contributed by atoms with Crippen LogP contribution in [0.3, 0.4) is 0 Å². The van der Waals surface area contributed by atoms with E-state index in [0.717, 1.165) is 36.5 Å². The zero-order valence-electron chi connectivity index (χ0n) is 11.5. The molecule has 1 N–H and O–H groups in total. The molecule has 0 saturated carbocycles. The third kappa shape index (κ3) is 2.60. The first kappa shape index (κ1) is 12.2. The molecule has 0 bridgehead atoms. The summed E-state index contributed by atoms with van der Waals surface area (Å²) in [6.07, 6.45) is 5.19. The van der Waals surface area contributed by atoms with Crippen LogP contribution in [0.25, 0.3) is 0 Å². The maximum absolute atomic E-state index is 4.55. The van der Waals surface area contributed by atoms with E-state index in [0.29, 0.717) is 6.04 Å². The number of aryl methyl sites for hydroxylation is 3. The number of fused-ring (bicyclic) bond motifs is 1. The molecule has 98 valence electrons. The molecule has 1 aromatic carbocycles. The van der Waals surface area contributed by atoms with E-state index in [4.69, 9.17) is 0 Å². The Kier molecular flexibility index (Phi) is 3.20. The molecule has 0 spiro atoms. The minimum Gasteiger partial charge on any atom is -0.365 e. The maximum atomic E-state index is 4.55. The summed E-state index contributed by atoms with van der Waals surface area (Å²) in [6.45, 7) is 3.99. The molecule has 3 rings (SSSR count). The molecule has 1 atom stereocenters. The van der Waals surface area contributed by atoms with Crippen molar-refractivity contribution in [3.8, 4) is 0 Å². The van der Waals surface area contributed by atoms with E-state index in [-0.39, 0.29) is 0 Å². The number of benzene rings is 1. The second kappa shape index (κ2) is 5.00. The second-order valence-corrected chi connectivity index (χ2v) is 5.30. The lowest BCUT2D eigenvalue weighted by Gasteiger charge is -2.26. The summed E-state index contributed by atoms with van der Waals surface area (Å²) in [6, 6.07) is 9.19. The maximum Gasteiger partial charge on any atom is 0.147 e. The highest BCUT2D eigenvalue weighted by atomic mass is 15.0. The lowest BCUT2D eigenvalue weighted by molar-refractivity contribution is 0.607. The van der Waals surface area contributed by atoms with E-state index in [9.17, 15) is 0 Å². The minimum atomic E-state index is 0.463. The van der Waals surface area contributed by atoms with Crippen molar-refractivity contribution in [1.82, 2.24) is 9.97 Å². The Morgan fingerprint density at radius 2 is 1.95 bits per heavy atom. The van der Waals surface area contributed by atoms with Crippen LogP contribution in [0.4, 0.5) is 5.82 Å². The van der Waals surface area contributed by atoms with Crippen molar-refractivity contribution in [2.75, 3.05) is 5.32 Å². The van der Waals surface area contributed by atoms with Gasteiger partial charge in [0.15, 0.2) is 0 Å². The van der Waals surface area contributed by atoms with E-state index < -0.39 is 0 Å². The van der Waals surface area contributed by atoms with Crippen molar-refractivity contribution in [3.63, 3.8) is 0 Å². The quantitative estimate of drug-likeness (QED) is 0.894. The standard InChI is InChI=1S/C16H19N3/c1-11-10-17-12(2)16(18-11)19-15-8-7-13-5-3-4-6-14(13)9-15/h3-6,10,15H,7-9H2,1-2H3,(H,18,19). The van der Waals surface area contributed by atoms with Gasteiger partial charge in [-0.05, 0) is 44.2 Å². The predicted octanol–water partition coefficient (Wildman–Crippen LogP) is 3.06. The Labute approximate surface area is 114 Å². The lowest BCUT2D eigenvalue weighted by Crippen LogP contribution is -2.28. The van der Waals surface area contributed by atoms with Gasteiger partial charge in [-0.15, -0.1) is 0 Å². The minimum absolute atomic E-state index is 0.463. The summed E-state index contributed by atoms with van der Waals surface area (Å²) >= 11 is 0. The normalized spacial score (nSPS) is 17.9. The average Bonchev–Trinajstić information content (AvgIpc) is 2.43. The first-order chi connectivity index (χ1) is 9.22. The zero-order chi connectivity index (χ0) is 13.2. The molecule has 2 aromatic rings. The molecule has 1 unspecified atom stereocenters. The first-order valence-corrected chi connectivity index (χ1v) is 6.86. The molecule has 19 heavy (non-hydrogen) atoms. The van der Waals surface area contributed by atoms with Crippen LogP contribution >= 0.6 is 0 Å². The highest BCUT2D eigenvalue weighted by Crippen LogP contribution is 2.23. The number of hydrogen-bond donors (Lipinski definition) is 1. The summed E-state index contributed by atoms with van der Waals surface area (Å²) < 4.78 is 0. The molecule has 3 nitrogen and oxygen atoms in total. The molecule has 3 heteroatoms. The Balaban J connectivity index is 1.77. The Hall–Kier alpha value is -1.90. The van der Waals surface area contributed by atoms with Crippen LogP contribution in [0.15, 0.2) is 30.5 Å². The second-order valence-electron chi connectivity index (χ2n) is 5.30. The molecule has 0 amide bonds.